The van der Waals surface area contributed by atoms with Gasteiger partial charge in [0.1, 0.15) is 11.5 Å². The van der Waals surface area contributed by atoms with Crippen LogP contribution in [0.25, 0.3) is 0 Å². The minimum atomic E-state index is -0.924. The van der Waals surface area contributed by atoms with E-state index in [-0.39, 0.29) is 6.42 Å². The summed E-state index contributed by atoms with van der Waals surface area (Å²) in [6.45, 7) is 7.76. The highest BCUT2D eigenvalue weighted by atomic mass is 16.7. The van der Waals surface area contributed by atoms with Crippen LogP contribution in [-0.2, 0) is 14.1 Å². The van der Waals surface area contributed by atoms with Crippen molar-refractivity contribution >= 4 is 13.1 Å². The van der Waals surface area contributed by atoms with Gasteiger partial charge in [-0.25, -0.2) is 0 Å². The minimum Gasteiger partial charge on any atom is -0.497 e. The summed E-state index contributed by atoms with van der Waals surface area (Å²) in [5.41, 5.74) is -0.346. The average Bonchev–Trinajstić information content (AvgIpc) is 2.72. The van der Waals surface area contributed by atoms with E-state index in [1.807, 2.05) is 27.7 Å². The maximum atomic E-state index is 11.4. The quantitative estimate of drug-likeness (QED) is 0.805. The van der Waals surface area contributed by atoms with Crippen molar-refractivity contribution in [3.63, 3.8) is 0 Å². The number of ether oxygens (including phenoxy) is 2. The van der Waals surface area contributed by atoms with E-state index in [0.29, 0.717) is 11.5 Å². The Morgan fingerprint density at radius 3 is 2.21 bits per heavy atom. The molecule has 0 saturated carbocycles. The maximum absolute atomic E-state index is 11.4. The predicted molar refractivity (Wildman–Crippen MR) is 90.6 cm³/mol. The molecule has 1 fully saturated rings. The molecular formula is C17H25BO6. The molecule has 0 radical (unpaired) electrons. The standard InChI is InChI=1S/C17H25BO6/c1-16(2)17(3,4)24-18(23-16)13(10-15(19)20)12-8-7-11(21-5)9-14(12)22-6/h7-9,13H,10H2,1-6H3,(H,19,20). The lowest BCUT2D eigenvalue weighted by Gasteiger charge is -2.32. The number of hydrogen-bond acceptors (Lipinski definition) is 5. The third-order valence-corrected chi connectivity index (χ3v) is 4.83. The second-order valence-corrected chi connectivity index (χ2v) is 6.94. The summed E-state index contributed by atoms with van der Waals surface area (Å²) in [5.74, 6) is -0.231. The van der Waals surface area contributed by atoms with Crippen LogP contribution in [-0.4, -0.2) is 43.6 Å². The third kappa shape index (κ3) is 3.52. The lowest BCUT2D eigenvalue weighted by molar-refractivity contribution is -0.137. The van der Waals surface area contributed by atoms with Gasteiger partial charge in [0.15, 0.2) is 0 Å². The van der Waals surface area contributed by atoms with Crippen molar-refractivity contribution in [2.24, 2.45) is 0 Å². The molecule has 0 bridgehead atoms. The van der Waals surface area contributed by atoms with Gasteiger partial charge in [-0.3, -0.25) is 4.79 Å². The summed E-state index contributed by atoms with van der Waals surface area (Å²) in [6.07, 6.45) is -0.125. The zero-order chi connectivity index (χ0) is 18.1. The molecule has 0 aromatic heterocycles. The highest BCUT2D eigenvalue weighted by molar-refractivity contribution is 6.48. The fourth-order valence-corrected chi connectivity index (χ4v) is 2.72. The van der Waals surface area contributed by atoms with Crippen molar-refractivity contribution in [2.45, 2.75) is 51.1 Å². The number of carbonyl (C=O) groups is 1. The summed E-state index contributed by atoms with van der Waals surface area (Å²) in [6, 6.07) is 5.31. The number of benzene rings is 1. The first-order valence-corrected chi connectivity index (χ1v) is 7.90. The van der Waals surface area contributed by atoms with E-state index in [1.165, 1.54) is 0 Å². The van der Waals surface area contributed by atoms with Crippen LogP contribution < -0.4 is 9.47 Å². The van der Waals surface area contributed by atoms with Crippen molar-refractivity contribution in [1.29, 1.82) is 0 Å². The fraction of sp³-hybridized carbons (Fsp3) is 0.588. The highest BCUT2D eigenvalue weighted by Gasteiger charge is 2.54. The Hall–Kier alpha value is -1.73. The first-order valence-electron chi connectivity index (χ1n) is 7.90. The zero-order valence-corrected chi connectivity index (χ0v) is 15.1. The van der Waals surface area contributed by atoms with Gasteiger partial charge >= 0.3 is 13.1 Å². The Balaban J connectivity index is 2.42. The molecule has 0 spiro atoms. The summed E-state index contributed by atoms with van der Waals surface area (Å²) in [4.78, 5) is 11.4. The molecule has 2 rings (SSSR count). The predicted octanol–water partition coefficient (Wildman–Crippen LogP) is 2.89. The van der Waals surface area contributed by atoms with Gasteiger partial charge in [-0.05, 0) is 39.3 Å². The van der Waals surface area contributed by atoms with E-state index in [4.69, 9.17) is 18.8 Å². The van der Waals surface area contributed by atoms with Crippen molar-refractivity contribution in [1.82, 2.24) is 0 Å². The molecule has 1 N–H and O–H groups in total. The minimum absolute atomic E-state index is 0.125. The van der Waals surface area contributed by atoms with Crippen LogP contribution >= 0.6 is 0 Å². The van der Waals surface area contributed by atoms with E-state index in [9.17, 15) is 9.90 Å². The van der Waals surface area contributed by atoms with Gasteiger partial charge < -0.3 is 23.9 Å². The van der Waals surface area contributed by atoms with Crippen LogP contribution in [0.5, 0.6) is 11.5 Å². The first-order chi connectivity index (χ1) is 11.1. The van der Waals surface area contributed by atoms with Crippen LogP contribution in [0.2, 0.25) is 0 Å². The molecule has 1 aromatic carbocycles. The van der Waals surface area contributed by atoms with E-state index in [1.54, 1.807) is 32.4 Å². The molecule has 1 saturated heterocycles. The topological polar surface area (TPSA) is 74.2 Å². The number of carboxylic acids is 1. The maximum Gasteiger partial charge on any atom is 0.466 e. The second-order valence-electron chi connectivity index (χ2n) is 6.94. The number of aliphatic carboxylic acids is 1. The summed E-state index contributed by atoms with van der Waals surface area (Å²) < 4.78 is 22.8. The second kappa shape index (κ2) is 6.65. The average molecular weight is 336 g/mol. The Morgan fingerprint density at radius 2 is 1.75 bits per heavy atom. The van der Waals surface area contributed by atoms with Gasteiger partial charge in [-0.15, -0.1) is 0 Å². The van der Waals surface area contributed by atoms with E-state index in [0.717, 1.165) is 5.56 Å². The fourth-order valence-electron chi connectivity index (χ4n) is 2.72. The van der Waals surface area contributed by atoms with Gasteiger partial charge in [0.05, 0.1) is 31.8 Å². The van der Waals surface area contributed by atoms with Gasteiger partial charge in [0.25, 0.3) is 0 Å². The molecule has 0 aliphatic carbocycles. The van der Waals surface area contributed by atoms with Crippen LogP contribution in [0.1, 0.15) is 45.5 Å². The molecule has 1 atom stereocenters. The molecule has 1 aliphatic rings. The van der Waals surface area contributed by atoms with E-state index >= 15 is 0 Å². The molecule has 0 amide bonds. The summed E-state index contributed by atoms with van der Waals surface area (Å²) in [7, 11) is 2.44. The van der Waals surface area contributed by atoms with Crippen LogP contribution in [0.3, 0.4) is 0 Å². The number of rotatable bonds is 6. The Bertz CT molecular complexity index is 597. The molecule has 1 unspecified atom stereocenters. The summed E-state index contributed by atoms with van der Waals surface area (Å²) in [5, 5.41) is 9.35. The van der Waals surface area contributed by atoms with Crippen molar-refractivity contribution in [2.75, 3.05) is 14.2 Å². The van der Waals surface area contributed by atoms with Gasteiger partial charge in [0.2, 0.25) is 0 Å². The van der Waals surface area contributed by atoms with Crippen LogP contribution in [0, 0.1) is 0 Å². The Morgan fingerprint density at radius 1 is 1.17 bits per heavy atom. The van der Waals surface area contributed by atoms with Crippen molar-refractivity contribution in [3.8, 4) is 11.5 Å². The largest absolute Gasteiger partial charge is 0.497 e. The molecule has 6 nitrogen and oxygen atoms in total. The first kappa shape index (κ1) is 18.6. The zero-order valence-electron chi connectivity index (χ0n) is 15.1. The van der Waals surface area contributed by atoms with Crippen molar-refractivity contribution < 1.29 is 28.7 Å². The summed E-state index contributed by atoms with van der Waals surface area (Å²) >= 11 is 0. The molecule has 1 heterocycles. The molecule has 1 aliphatic heterocycles. The number of carboxylic acid groups (broad SMARTS) is 1. The lowest BCUT2D eigenvalue weighted by Crippen LogP contribution is -2.41. The number of hydrogen-bond donors (Lipinski definition) is 1. The third-order valence-electron chi connectivity index (χ3n) is 4.83. The molecular weight excluding hydrogens is 311 g/mol. The lowest BCUT2D eigenvalue weighted by atomic mass is 9.66. The SMILES string of the molecule is COc1ccc(C(CC(=O)O)B2OC(C)(C)C(C)(C)O2)c(OC)c1. The van der Waals surface area contributed by atoms with Gasteiger partial charge in [-0.1, -0.05) is 6.07 Å². The van der Waals surface area contributed by atoms with E-state index in [2.05, 4.69) is 0 Å². The molecule has 24 heavy (non-hydrogen) atoms. The molecule has 1 aromatic rings. The van der Waals surface area contributed by atoms with Crippen LogP contribution in [0.15, 0.2) is 18.2 Å². The normalized spacial score (nSPS) is 19.8. The molecule has 132 valence electrons. The van der Waals surface area contributed by atoms with Gasteiger partial charge in [0, 0.05) is 11.9 Å². The van der Waals surface area contributed by atoms with Gasteiger partial charge in [-0.2, -0.15) is 0 Å². The Kier molecular flexibility index (Phi) is 5.15. The van der Waals surface area contributed by atoms with E-state index < -0.39 is 30.1 Å². The number of methoxy groups -OCH3 is 2. The highest BCUT2D eigenvalue weighted by Crippen LogP contribution is 2.43. The van der Waals surface area contributed by atoms with Crippen molar-refractivity contribution in [3.05, 3.63) is 23.8 Å². The van der Waals surface area contributed by atoms with Crippen LogP contribution in [0.4, 0.5) is 0 Å². The molecule has 7 heteroatoms. The monoisotopic (exact) mass is 336 g/mol. The smallest absolute Gasteiger partial charge is 0.466 e. The Labute approximate surface area is 143 Å².